The predicted octanol–water partition coefficient (Wildman–Crippen LogP) is 4.72. The Labute approximate surface area is 193 Å². The van der Waals surface area contributed by atoms with Crippen molar-refractivity contribution in [1.82, 2.24) is 19.6 Å². The van der Waals surface area contributed by atoms with E-state index in [1.807, 2.05) is 11.7 Å². The van der Waals surface area contributed by atoms with Gasteiger partial charge in [0.15, 0.2) is 0 Å². The van der Waals surface area contributed by atoms with E-state index >= 15 is 0 Å². The Balaban J connectivity index is 1.26. The number of aromatic nitrogens is 2. The van der Waals surface area contributed by atoms with Crippen LogP contribution in [0.4, 0.5) is 0 Å². The van der Waals surface area contributed by atoms with E-state index in [0.29, 0.717) is 6.10 Å². The Bertz CT molecular complexity index is 831. The molecule has 1 unspecified atom stereocenters. The van der Waals surface area contributed by atoms with Gasteiger partial charge in [0, 0.05) is 56.7 Å². The van der Waals surface area contributed by atoms with Crippen LogP contribution in [-0.2, 0) is 18.3 Å². The molecular weight excluding hydrogens is 396 g/mol. The van der Waals surface area contributed by atoms with Crippen molar-refractivity contribution in [3.05, 3.63) is 42.1 Å². The van der Waals surface area contributed by atoms with E-state index in [1.165, 1.54) is 82.1 Å². The number of ether oxygens (including phenoxy) is 1. The summed E-state index contributed by atoms with van der Waals surface area (Å²) in [5, 5.41) is 4.82. The van der Waals surface area contributed by atoms with E-state index in [9.17, 15) is 0 Å². The molecule has 5 rings (SSSR count). The highest BCUT2D eigenvalue weighted by Gasteiger charge is 2.29. The second-order valence-corrected chi connectivity index (χ2v) is 10.3. The van der Waals surface area contributed by atoms with Gasteiger partial charge in [-0.25, -0.2) is 0 Å². The summed E-state index contributed by atoms with van der Waals surface area (Å²) in [6.07, 6.45) is 13.4. The lowest BCUT2D eigenvalue weighted by Crippen LogP contribution is -2.43. The smallest absolute Gasteiger partial charge is 0.0968 e. The lowest BCUT2D eigenvalue weighted by Gasteiger charge is -2.38. The number of hydrogen-bond donors (Lipinski definition) is 0. The number of aryl methyl sites for hydroxylation is 1. The molecular formula is C27H40N4O. The molecule has 2 saturated heterocycles. The minimum atomic E-state index is 0.394. The van der Waals surface area contributed by atoms with Gasteiger partial charge in [0.05, 0.1) is 11.8 Å². The van der Waals surface area contributed by atoms with Gasteiger partial charge in [0.25, 0.3) is 0 Å². The number of hydrogen-bond acceptors (Lipinski definition) is 4. The summed E-state index contributed by atoms with van der Waals surface area (Å²) in [5.74, 6) is 0.797. The van der Waals surface area contributed by atoms with Gasteiger partial charge in [-0.15, -0.1) is 0 Å². The minimum absolute atomic E-state index is 0.394. The standard InChI is InChI=1S/C27H40N4O/c1-29-19-24(27(28-29)23-8-3-2-4-9-23)20-30(21-26-12-7-17-32-26)18-22-13-15-31(16-14-22)25-10-5-6-11-25/h2-4,8-9,19,22,25-26H,5-7,10-18,20-21H2,1H3. The molecule has 0 radical (unpaired) electrons. The zero-order chi connectivity index (χ0) is 21.8. The molecule has 0 N–H and O–H groups in total. The SMILES string of the molecule is Cn1cc(CN(CC2CCN(C3CCCC3)CC2)CC2CCCO2)c(-c2ccccc2)n1. The second-order valence-electron chi connectivity index (χ2n) is 10.3. The molecule has 1 atom stereocenters. The summed E-state index contributed by atoms with van der Waals surface area (Å²) in [6, 6.07) is 11.5. The van der Waals surface area contributed by atoms with Crippen LogP contribution >= 0.6 is 0 Å². The summed E-state index contributed by atoms with van der Waals surface area (Å²) < 4.78 is 8.02. The lowest BCUT2D eigenvalue weighted by atomic mass is 9.94. The fraction of sp³-hybridized carbons (Fsp3) is 0.667. The molecule has 174 valence electrons. The van der Waals surface area contributed by atoms with E-state index in [0.717, 1.165) is 37.4 Å². The van der Waals surface area contributed by atoms with Crippen LogP contribution in [0.15, 0.2) is 36.5 Å². The summed E-state index contributed by atoms with van der Waals surface area (Å²) in [6.45, 7) is 6.71. The first-order valence-corrected chi connectivity index (χ1v) is 12.9. The summed E-state index contributed by atoms with van der Waals surface area (Å²) >= 11 is 0. The maximum absolute atomic E-state index is 6.04. The molecule has 1 aromatic carbocycles. The zero-order valence-corrected chi connectivity index (χ0v) is 19.8. The molecule has 1 aromatic heterocycles. The fourth-order valence-electron chi connectivity index (χ4n) is 6.15. The first kappa shape index (κ1) is 22.1. The molecule has 0 spiro atoms. The van der Waals surface area contributed by atoms with Gasteiger partial charge in [0.1, 0.15) is 0 Å². The third-order valence-electron chi connectivity index (χ3n) is 7.84. The molecule has 1 aliphatic carbocycles. The van der Waals surface area contributed by atoms with Gasteiger partial charge in [0.2, 0.25) is 0 Å². The van der Waals surface area contributed by atoms with Crippen LogP contribution in [0.1, 0.15) is 56.9 Å². The van der Waals surface area contributed by atoms with Crippen LogP contribution in [0.25, 0.3) is 11.3 Å². The first-order chi connectivity index (χ1) is 15.7. The highest BCUT2D eigenvalue weighted by molar-refractivity contribution is 5.62. The van der Waals surface area contributed by atoms with E-state index in [4.69, 9.17) is 9.84 Å². The normalized spacial score (nSPS) is 23.5. The van der Waals surface area contributed by atoms with Gasteiger partial charge >= 0.3 is 0 Å². The maximum atomic E-state index is 6.04. The number of nitrogens with zero attached hydrogens (tertiary/aromatic N) is 4. The van der Waals surface area contributed by atoms with Crippen molar-refractivity contribution in [2.45, 2.75) is 70.1 Å². The van der Waals surface area contributed by atoms with E-state index in [-0.39, 0.29) is 0 Å². The molecule has 3 aliphatic rings. The molecule has 2 aliphatic heterocycles. The van der Waals surface area contributed by atoms with Crippen molar-refractivity contribution < 1.29 is 4.74 Å². The molecule has 0 bridgehead atoms. The fourth-order valence-corrected chi connectivity index (χ4v) is 6.15. The monoisotopic (exact) mass is 436 g/mol. The van der Waals surface area contributed by atoms with Crippen LogP contribution in [0.3, 0.4) is 0 Å². The topological polar surface area (TPSA) is 33.5 Å². The van der Waals surface area contributed by atoms with Crippen LogP contribution in [0.2, 0.25) is 0 Å². The first-order valence-electron chi connectivity index (χ1n) is 12.9. The Morgan fingerprint density at radius 2 is 1.75 bits per heavy atom. The third kappa shape index (κ3) is 5.44. The number of benzene rings is 1. The average Bonchev–Trinajstić information content (AvgIpc) is 3.58. The summed E-state index contributed by atoms with van der Waals surface area (Å²) in [4.78, 5) is 5.47. The molecule has 3 heterocycles. The van der Waals surface area contributed by atoms with Crippen molar-refractivity contribution >= 4 is 0 Å². The Morgan fingerprint density at radius 1 is 0.969 bits per heavy atom. The van der Waals surface area contributed by atoms with Gasteiger partial charge in [-0.2, -0.15) is 5.10 Å². The number of piperidine rings is 1. The van der Waals surface area contributed by atoms with E-state index in [1.54, 1.807) is 0 Å². The van der Waals surface area contributed by atoms with Crippen LogP contribution in [0.5, 0.6) is 0 Å². The van der Waals surface area contributed by atoms with Gasteiger partial charge in [-0.1, -0.05) is 43.2 Å². The highest BCUT2D eigenvalue weighted by atomic mass is 16.5. The quantitative estimate of drug-likeness (QED) is 0.599. The van der Waals surface area contributed by atoms with Gasteiger partial charge in [-0.3, -0.25) is 9.58 Å². The van der Waals surface area contributed by atoms with Crippen LogP contribution in [-0.4, -0.2) is 64.5 Å². The predicted molar refractivity (Wildman–Crippen MR) is 129 cm³/mol. The van der Waals surface area contributed by atoms with Crippen LogP contribution in [0, 0.1) is 5.92 Å². The average molecular weight is 437 g/mol. The number of rotatable bonds is 8. The maximum Gasteiger partial charge on any atom is 0.0968 e. The van der Waals surface area contributed by atoms with E-state index < -0.39 is 0 Å². The third-order valence-corrected chi connectivity index (χ3v) is 7.84. The van der Waals surface area contributed by atoms with E-state index in [2.05, 4.69) is 46.3 Å². The Morgan fingerprint density at radius 3 is 2.47 bits per heavy atom. The van der Waals surface area contributed by atoms with Crippen molar-refractivity contribution in [3.63, 3.8) is 0 Å². The molecule has 1 saturated carbocycles. The molecule has 5 nitrogen and oxygen atoms in total. The molecule has 5 heteroatoms. The van der Waals surface area contributed by atoms with Gasteiger partial charge in [-0.05, 0) is 57.5 Å². The molecule has 0 amide bonds. The van der Waals surface area contributed by atoms with Crippen LogP contribution < -0.4 is 0 Å². The van der Waals surface area contributed by atoms with Crippen molar-refractivity contribution in [1.29, 1.82) is 0 Å². The largest absolute Gasteiger partial charge is 0.377 e. The summed E-state index contributed by atoms with van der Waals surface area (Å²) in [5.41, 5.74) is 3.67. The Hall–Kier alpha value is -1.69. The lowest BCUT2D eigenvalue weighted by molar-refractivity contribution is 0.0540. The number of likely N-dealkylation sites (tertiary alicyclic amines) is 1. The molecule has 3 fully saturated rings. The minimum Gasteiger partial charge on any atom is -0.377 e. The molecule has 32 heavy (non-hydrogen) atoms. The zero-order valence-electron chi connectivity index (χ0n) is 19.8. The molecule has 2 aromatic rings. The van der Waals surface area contributed by atoms with Gasteiger partial charge < -0.3 is 9.64 Å². The van der Waals surface area contributed by atoms with Crippen molar-refractivity contribution in [2.75, 3.05) is 32.8 Å². The van der Waals surface area contributed by atoms with Crippen molar-refractivity contribution in [2.24, 2.45) is 13.0 Å². The highest BCUT2D eigenvalue weighted by Crippen LogP contribution is 2.29. The van der Waals surface area contributed by atoms with Crippen molar-refractivity contribution in [3.8, 4) is 11.3 Å². The second kappa shape index (κ2) is 10.5. The Kier molecular flexibility index (Phi) is 7.25. The summed E-state index contributed by atoms with van der Waals surface area (Å²) in [7, 11) is 2.04.